The van der Waals surface area contributed by atoms with Crippen molar-refractivity contribution >= 4 is 12.1 Å². The van der Waals surface area contributed by atoms with Gasteiger partial charge in [-0.05, 0) is 44.6 Å². The first-order valence-electron chi connectivity index (χ1n) is 7.08. The van der Waals surface area contributed by atoms with Crippen LogP contribution in [0.15, 0.2) is 45.9 Å². The molecule has 0 aromatic heterocycles. The van der Waals surface area contributed by atoms with Gasteiger partial charge in [0.1, 0.15) is 5.84 Å². The van der Waals surface area contributed by atoms with E-state index in [0.29, 0.717) is 5.92 Å². The van der Waals surface area contributed by atoms with Crippen LogP contribution in [-0.4, -0.2) is 19.1 Å². The van der Waals surface area contributed by atoms with Gasteiger partial charge in [0.25, 0.3) is 0 Å². The van der Waals surface area contributed by atoms with E-state index in [1.807, 2.05) is 19.9 Å². The van der Waals surface area contributed by atoms with Crippen LogP contribution in [-0.2, 0) is 0 Å². The summed E-state index contributed by atoms with van der Waals surface area (Å²) in [5, 5.41) is 0. The first kappa shape index (κ1) is 17.6. The van der Waals surface area contributed by atoms with Crippen molar-refractivity contribution in [1.29, 1.82) is 0 Å². The van der Waals surface area contributed by atoms with E-state index in [0.717, 1.165) is 30.7 Å². The third-order valence-corrected chi connectivity index (χ3v) is 3.24. The Morgan fingerprint density at radius 3 is 2.37 bits per heavy atom. The molecule has 0 saturated carbocycles. The molecule has 2 nitrogen and oxygen atoms in total. The van der Waals surface area contributed by atoms with Crippen molar-refractivity contribution in [3.63, 3.8) is 0 Å². The highest BCUT2D eigenvalue weighted by Gasteiger charge is 2.08. The highest BCUT2D eigenvalue weighted by atomic mass is 14.9. The van der Waals surface area contributed by atoms with Gasteiger partial charge in [0.2, 0.25) is 0 Å². The molecule has 0 aromatic carbocycles. The lowest BCUT2D eigenvalue weighted by Gasteiger charge is -2.15. The summed E-state index contributed by atoms with van der Waals surface area (Å²) >= 11 is 0. The van der Waals surface area contributed by atoms with Gasteiger partial charge in [-0.25, -0.2) is 4.99 Å². The molecule has 0 rings (SSSR count). The zero-order valence-corrected chi connectivity index (χ0v) is 13.1. The summed E-state index contributed by atoms with van der Waals surface area (Å²) < 4.78 is 0. The maximum atomic E-state index is 4.26. The molecule has 0 amide bonds. The molecule has 0 aliphatic carbocycles. The number of nitrogens with zero attached hydrogens (tertiary/aromatic N) is 2. The number of hydrogen-bond donors (Lipinski definition) is 0. The summed E-state index contributed by atoms with van der Waals surface area (Å²) in [5.41, 5.74) is 2.57. The second kappa shape index (κ2) is 10.5. The Hall–Kier alpha value is -1.44. The predicted molar refractivity (Wildman–Crippen MR) is 88.3 cm³/mol. The van der Waals surface area contributed by atoms with E-state index in [9.17, 15) is 0 Å². The highest BCUT2D eigenvalue weighted by molar-refractivity contribution is 6.02. The minimum absolute atomic E-state index is 0.600. The van der Waals surface area contributed by atoms with Crippen LogP contribution in [0.1, 0.15) is 47.0 Å². The molecule has 0 heterocycles. The molecule has 0 N–H and O–H groups in total. The van der Waals surface area contributed by atoms with E-state index in [-0.39, 0.29) is 0 Å². The van der Waals surface area contributed by atoms with Crippen LogP contribution in [0, 0.1) is 5.92 Å². The predicted octanol–water partition coefficient (Wildman–Crippen LogP) is 4.99. The molecule has 0 spiro atoms. The fraction of sp³-hybridized carbons (Fsp3) is 0.529. The fourth-order valence-corrected chi connectivity index (χ4v) is 2.09. The third kappa shape index (κ3) is 6.32. The monoisotopic (exact) mass is 260 g/mol. The SMILES string of the molecule is C=CCC(CC)/C(=C/C=C(C)/C(/N=C\C)=N/C)CC. The van der Waals surface area contributed by atoms with Gasteiger partial charge >= 0.3 is 0 Å². The molecule has 0 bridgehead atoms. The second-order valence-electron chi connectivity index (χ2n) is 4.51. The number of amidine groups is 1. The number of hydrogen-bond acceptors (Lipinski definition) is 1. The molecule has 1 atom stereocenters. The van der Waals surface area contributed by atoms with Gasteiger partial charge in [-0.2, -0.15) is 0 Å². The smallest absolute Gasteiger partial charge is 0.149 e. The molecule has 0 saturated heterocycles. The van der Waals surface area contributed by atoms with Crippen LogP contribution in [0.25, 0.3) is 0 Å². The molecule has 0 fully saturated rings. The molecule has 1 unspecified atom stereocenters. The third-order valence-electron chi connectivity index (χ3n) is 3.24. The summed E-state index contributed by atoms with van der Waals surface area (Å²) in [7, 11) is 1.77. The van der Waals surface area contributed by atoms with Gasteiger partial charge < -0.3 is 0 Å². The first-order chi connectivity index (χ1) is 9.14. The Labute approximate surface area is 118 Å². The molecule has 2 heteroatoms. The lowest BCUT2D eigenvalue weighted by molar-refractivity contribution is 0.583. The van der Waals surface area contributed by atoms with Crippen molar-refractivity contribution in [3.8, 4) is 0 Å². The second-order valence-corrected chi connectivity index (χ2v) is 4.51. The maximum Gasteiger partial charge on any atom is 0.149 e. The summed E-state index contributed by atoms with van der Waals surface area (Å²) in [6, 6.07) is 0. The molecule has 0 aliphatic rings. The van der Waals surface area contributed by atoms with E-state index >= 15 is 0 Å². The van der Waals surface area contributed by atoms with Gasteiger partial charge in [-0.15, -0.1) is 6.58 Å². The van der Waals surface area contributed by atoms with Gasteiger partial charge in [0.05, 0.1) is 0 Å². The summed E-state index contributed by atoms with van der Waals surface area (Å²) in [6.45, 7) is 12.2. The number of aliphatic imine (C=N–C) groups is 2. The van der Waals surface area contributed by atoms with Crippen LogP contribution in [0.4, 0.5) is 0 Å². The Bertz CT molecular complexity index is 384. The van der Waals surface area contributed by atoms with Crippen LogP contribution in [0.2, 0.25) is 0 Å². The molecular formula is C17H28N2. The molecule has 0 aromatic rings. The van der Waals surface area contributed by atoms with Crippen molar-refractivity contribution in [2.75, 3.05) is 7.05 Å². The van der Waals surface area contributed by atoms with Crippen LogP contribution >= 0.6 is 0 Å². The largest absolute Gasteiger partial charge is 0.270 e. The van der Waals surface area contributed by atoms with Crippen molar-refractivity contribution in [1.82, 2.24) is 0 Å². The highest BCUT2D eigenvalue weighted by Crippen LogP contribution is 2.22. The van der Waals surface area contributed by atoms with Crippen molar-refractivity contribution in [3.05, 3.63) is 36.0 Å². The van der Waals surface area contributed by atoms with Crippen molar-refractivity contribution in [2.24, 2.45) is 15.9 Å². The Balaban J connectivity index is 5.11. The van der Waals surface area contributed by atoms with Gasteiger partial charge in [-0.3, -0.25) is 4.99 Å². The van der Waals surface area contributed by atoms with E-state index in [1.165, 1.54) is 5.57 Å². The van der Waals surface area contributed by atoms with Crippen molar-refractivity contribution < 1.29 is 0 Å². The van der Waals surface area contributed by atoms with Crippen LogP contribution in [0.3, 0.4) is 0 Å². The fourth-order valence-electron chi connectivity index (χ4n) is 2.09. The van der Waals surface area contributed by atoms with E-state index in [2.05, 4.69) is 42.6 Å². The normalized spacial score (nSPS) is 15.9. The zero-order valence-electron chi connectivity index (χ0n) is 13.1. The lowest BCUT2D eigenvalue weighted by atomic mass is 9.90. The average molecular weight is 260 g/mol. The van der Waals surface area contributed by atoms with Gasteiger partial charge in [0.15, 0.2) is 0 Å². The lowest BCUT2D eigenvalue weighted by Crippen LogP contribution is -2.01. The Morgan fingerprint density at radius 1 is 1.26 bits per heavy atom. The quantitative estimate of drug-likeness (QED) is 0.267. The number of rotatable bonds is 7. The summed E-state index contributed by atoms with van der Waals surface area (Å²) in [5.74, 6) is 1.40. The van der Waals surface area contributed by atoms with Crippen LogP contribution in [0.5, 0.6) is 0 Å². The molecular weight excluding hydrogens is 232 g/mol. The average Bonchev–Trinajstić information content (AvgIpc) is 2.43. The Morgan fingerprint density at radius 2 is 1.95 bits per heavy atom. The molecule has 0 radical (unpaired) electrons. The van der Waals surface area contributed by atoms with E-state index < -0.39 is 0 Å². The van der Waals surface area contributed by atoms with Crippen molar-refractivity contribution in [2.45, 2.75) is 47.0 Å². The minimum Gasteiger partial charge on any atom is -0.270 e. The zero-order chi connectivity index (χ0) is 14.7. The van der Waals surface area contributed by atoms with E-state index in [4.69, 9.17) is 0 Å². The van der Waals surface area contributed by atoms with E-state index in [1.54, 1.807) is 13.3 Å². The molecule has 19 heavy (non-hydrogen) atoms. The first-order valence-corrected chi connectivity index (χ1v) is 7.08. The van der Waals surface area contributed by atoms with Gasteiger partial charge in [0, 0.05) is 13.3 Å². The number of allylic oxidation sites excluding steroid dienone is 4. The minimum atomic E-state index is 0.600. The Kier molecular flexibility index (Phi) is 9.69. The topological polar surface area (TPSA) is 24.7 Å². The summed E-state index contributed by atoms with van der Waals surface area (Å²) in [6.07, 6.45) is 11.4. The van der Waals surface area contributed by atoms with Crippen LogP contribution < -0.4 is 0 Å². The van der Waals surface area contributed by atoms with Gasteiger partial charge in [-0.1, -0.05) is 37.6 Å². The maximum absolute atomic E-state index is 4.26. The summed E-state index contributed by atoms with van der Waals surface area (Å²) in [4.78, 5) is 8.45. The standard InChI is InChI=1S/C17H28N2/c1-7-11-15(8-2)16(9-3)13-12-14(5)17(18-6)19-10-4/h7,10,12-13,15H,1,8-9,11H2,2-6H3/b14-12+,16-13+,18-17-,19-10-. The molecule has 0 aliphatic heterocycles. The molecule has 106 valence electrons.